The van der Waals surface area contributed by atoms with Gasteiger partial charge in [-0.3, -0.25) is 4.40 Å². The number of aromatic nitrogens is 2. The Kier molecular flexibility index (Phi) is 3.08. The molecule has 0 unspecified atom stereocenters. The standard InChI is InChI=1S/C15H11F3N2O/c1-21-13-3-2-8-20-12(13)9-19-14(20)10-4-6-11(7-5-10)15(16,17)18/h2-9H,1H3. The zero-order chi connectivity index (χ0) is 15.0. The number of methoxy groups -OCH3 is 1. The molecule has 0 radical (unpaired) electrons. The van der Waals surface area contributed by atoms with Crippen molar-refractivity contribution >= 4 is 5.52 Å². The molecule has 2 aromatic heterocycles. The first kappa shape index (κ1) is 13.5. The third-order valence-electron chi connectivity index (χ3n) is 3.22. The van der Waals surface area contributed by atoms with E-state index in [1.54, 1.807) is 36.0 Å². The minimum atomic E-state index is -4.34. The monoisotopic (exact) mass is 292 g/mol. The fourth-order valence-corrected chi connectivity index (χ4v) is 2.19. The molecule has 0 amide bonds. The predicted octanol–water partition coefficient (Wildman–Crippen LogP) is 4.03. The lowest BCUT2D eigenvalue weighted by Crippen LogP contribution is -2.04. The summed E-state index contributed by atoms with van der Waals surface area (Å²) in [6, 6.07) is 8.52. The van der Waals surface area contributed by atoms with Gasteiger partial charge in [0.15, 0.2) is 0 Å². The number of imidazole rings is 1. The van der Waals surface area contributed by atoms with Crippen molar-refractivity contribution in [3.63, 3.8) is 0 Å². The molecule has 0 aliphatic heterocycles. The molecule has 108 valence electrons. The van der Waals surface area contributed by atoms with Crippen LogP contribution in [0, 0.1) is 0 Å². The van der Waals surface area contributed by atoms with Crippen LogP contribution in [0.25, 0.3) is 16.9 Å². The van der Waals surface area contributed by atoms with E-state index in [1.807, 2.05) is 0 Å². The van der Waals surface area contributed by atoms with Crippen molar-refractivity contribution < 1.29 is 17.9 Å². The summed E-state index contributed by atoms with van der Waals surface area (Å²) in [7, 11) is 1.56. The molecular weight excluding hydrogens is 281 g/mol. The molecule has 0 atom stereocenters. The van der Waals surface area contributed by atoms with Crippen LogP contribution in [0.15, 0.2) is 48.8 Å². The second-order valence-electron chi connectivity index (χ2n) is 4.49. The zero-order valence-electron chi connectivity index (χ0n) is 11.1. The van der Waals surface area contributed by atoms with Gasteiger partial charge >= 0.3 is 6.18 Å². The highest BCUT2D eigenvalue weighted by atomic mass is 19.4. The number of fused-ring (bicyclic) bond motifs is 1. The molecule has 6 heteroatoms. The van der Waals surface area contributed by atoms with E-state index in [1.165, 1.54) is 12.1 Å². The van der Waals surface area contributed by atoms with E-state index >= 15 is 0 Å². The molecular formula is C15H11F3N2O. The van der Waals surface area contributed by atoms with E-state index in [4.69, 9.17) is 4.74 Å². The second kappa shape index (κ2) is 4.80. The number of pyridine rings is 1. The Hall–Kier alpha value is -2.50. The summed E-state index contributed by atoms with van der Waals surface area (Å²) < 4.78 is 44.7. The fraction of sp³-hybridized carbons (Fsp3) is 0.133. The van der Waals surface area contributed by atoms with Crippen molar-refractivity contribution in [2.75, 3.05) is 7.11 Å². The average molecular weight is 292 g/mol. The van der Waals surface area contributed by atoms with Crippen molar-refractivity contribution in [3.05, 3.63) is 54.4 Å². The van der Waals surface area contributed by atoms with Gasteiger partial charge in [0.2, 0.25) is 0 Å². The first-order chi connectivity index (χ1) is 10.0. The summed E-state index contributed by atoms with van der Waals surface area (Å²) >= 11 is 0. The molecule has 0 bridgehead atoms. The van der Waals surface area contributed by atoms with Crippen molar-refractivity contribution in [2.24, 2.45) is 0 Å². The van der Waals surface area contributed by atoms with Crippen molar-refractivity contribution in [1.82, 2.24) is 9.38 Å². The molecule has 0 N–H and O–H groups in total. The number of nitrogens with zero attached hydrogens (tertiary/aromatic N) is 2. The minimum absolute atomic E-state index is 0.567. The fourth-order valence-electron chi connectivity index (χ4n) is 2.19. The Bertz CT molecular complexity index is 776. The molecule has 0 aliphatic carbocycles. The molecule has 3 rings (SSSR count). The van der Waals surface area contributed by atoms with Crippen LogP contribution in [0.5, 0.6) is 5.75 Å². The molecule has 3 nitrogen and oxygen atoms in total. The van der Waals surface area contributed by atoms with E-state index in [9.17, 15) is 13.2 Å². The van der Waals surface area contributed by atoms with Gasteiger partial charge in [0.05, 0.1) is 18.9 Å². The molecule has 21 heavy (non-hydrogen) atoms. The lowest BCUT2D eigenvalue weighted by atomic mass is 10.1. The van der Waals surface area contributed by atoms with Crippen molar-refractivity contribution in [3.8, 4) is 17.1 Å². The highest BCUT2D eigenvalue weighted by molar-refractivity contribution is 5.67. The topological polar surface area (TPSA) is 26.5 Å². The Morgan fingerprint density at radius 1 is 1.10 bits per heavy atom. The number of benzene rings is 1. The molecule has 0 spiro atoms. The van der Waals surface area contributed by atoms with Crippen LogP contribution in [0.1, 0.15) is 5.56 Å². The third kappa shape index (κ3) is 2.33. The van der Waals surface area contributed by atoms with Crippen LogP contribution in [0.3, 0.4) is 0 Å². The van der Waals surface area contributed by atoms with E-state index in [-0.39, 0.29) is 0 Å². The van der Waals surface area contributed by atoms with Crippen molar-refractivity contribution in [1.29, 1.82) is 0 Å². The summed E-state index contributed by atoms with van der Waals surface area (Å²) in [5.74, 6) is 1.22. The number of alkyl halides is 3. The van der Waals surface area contributed by atoms with Gasteiger partial charge in [-0.2, -0.15) is 13.2 Å². The van der Waals surface area contributed by atoms with Gasteiger partial charge in [0.1, 0.15) is 17.1 Å². The smallest absolute Gasteiger partial charge is 0.416 e. The summed E-state index contributed by atoms with van der Waals surface area (Å²) in [4.78, 5) is 4.27. The van der Waals surface area contributed by atoms with E-state index in [0.717, 1.165) is 17.6 Å². The number of hydrogen-bond donors (Lipinski definition) is 0. The van der Waals surface area contributed by atoms with Gasteiger partial charge in [-0.15, -0.1) is 0 Å². The molecule has 3 aromatic rings. The maximum Gasteiger partial charge on any atom is 0.416 e. The molecule has 2 heterocycles. The van der Waals surface area contributed by atoms with Gasteiger partial charge in [-0.05, 0) is 24.3 Å². The number of ether oxygens (including phenoxy) is 1. The normalized spacial score (nSPS) is 11.8. The number of hydrogen-bond acceptors (Lipinski definition) is 2. The van der Waals surface area contributed by atoms with Crippen molar-refractivity contribution in [2.45, 2.75) is 6.18 Å². The summed E-state index contributed by atoms with van der Waals surface area (Å²) in [6.45, 7) is 0. The first-order valence-corrected chi connectivity index (χ1v) is 6.18. The highest BCUT2D eigenvalue weighted by Gasteiger charge is 2.30. The SMILES string of the molecule is COc1cccn2c(-c3ccc(C(F)(F)F)cc3)ncc12. The molecule has 0 saturated heterocycles. The van der Waals surface area contributed by atoms with Crippen LogP contribution in [-0.2, 0) is 6.18 Å². The predicted molar refractivity (Wildman–Crippen MR) is 72.2 cm³/mol. The molecule has 0 fully saturated rings. The Morgan fingerprint density at radius 2 is 1.81 bits per heavy atom. The lowest BCUT2D eigenvalue weighted by molar-refractivity contribution is -0.137. The maximum absolute atomic E-state index is 12.6. The summed E-state index contributed by atoms with van der Waals surface area (Å²) in [6.07, 6.45) is -0.917. The molecule has 0 saturated carbocycles. The zero-order valence-corrected chi connectivity index (χ0v) is 11.1. The van der Waals surface area contributed by atoms with Gasteiger partial charge in [-0.1, -0.05) is 12.1 Å². The average Bonchev–Trinajstić information content (AvgIpc) is 2.90. The van der Waals surface area contributed by atoms with Crippen LogP contribution in [-0.4, -0.2) is 16.5 Å². The molecule has 1 aromatic carbocycles. The quantitative estimate of drug-likeness (QED) is 0.713. The second-order valence-corrected chi connectivity index (χ2v) is 4.49. The van der Waals surface area contributed by atoms with Gasteiger partial charge < -0.3 is 4.74 Å². The van der Waals surface area contributed by atoms with Gasteiger partial charge in [-0.25, -0.2) is 4.98 Å². The summed E-state index contributed by atoms with van der Waals surface area (Å²) in [5, 5.41) is 0. The van der Waals surface area contributed by atoms with Crippen LogP contribution < -0.4 is 4.74 Å². The van der Waals surface area contributed by atoms with Crippen LogP contribution in [0.4, 0.5) is 13.2 Å². The van der Waals surface area contributed by atoms with E-state index < -0.39 is 11.7 Å². The Labute approximate surface area is 118 Å². The Balaban J connectivity index is 2.09. The maximum atomic E-state index is 12.6. The largest absolute Gasteiger partial charge is 0.494 e. The third-order valence-corrected chi connectivity index (χ3v) is 3.22. The van der Waals surface area contributed by atoms with E-state index in [0.29, 0.717) is 17.1 Å². The highest BCUT2D eigenvalue weighted by Crippen LogP contribution is 2.31. The number of rotatable bonds is 2. The number of halogens is 3. The van der Waals surface area contributed by atoms with Gasteiger partial charge in [0.25, 0.3) is 0 Å². The van der Waals surface area contributed by atoms with Crippen LogP contribution in [0.2, 0.25) is 0 Å². The van der Waals surface area contributed by atoms with Crippen LogP contribution >= 0.6 is 0 Å². The Morgan fingerprint density at radius 3 is 2.43 bits per heavy atom. The van der Waals surface area contributed by atoms with E-state index in [2.05, 4.69) is 4.98 Å². The minimum Gasteiger partial charge on any atom is -0.494 e. The molecule has 0 aliphatic rings. The first-order valence-electron chi connectivity index (χ1n) is 6.18. The van der Waals surface area contributed by atoms with Gasteiger partial charge in [0, 0.05) is 11.8 Å². The lowest BCUT2D eigenvalue weighted by Gasteiger charge is -2.08. The summed E-state index contributed by atoms with van der Waals surface area (Å²) in [5.41, 5.74) is 0.691.